The minimum absolute atomic E-state index is 0. The lowest BCUT2D eigenvalue weighted by atomic mass is 9.78. The van der Waals surface area contributed by atoms with Crippen LogP contribution in [0.25, 0.3) is 0 Å². The maximum absolute atomic E-state index is 11.9. The van der Waals surface area contributed by atoms with Crippen molar-refractivity contribution in [2.24, 2.45) is 10.4 Å². The Morgan fingerprint density at radius 3 is 2.46 bits per heavy atom. The molecule has 1 heterocycles. The van der Waals surface area contributed by atoms with Crippen molar-refractivity contribution in [3.63, 3.8) is 0 Å². The molecule has 144 valence electrons. The molecule has 0 bridgehead atoms. The van der Waals surface area contributed by atoms with Crippen LogP contribution in [0.1, 0.15) is 60.3 Å². The third-order valence-corrected chi connectivity index (χ3v) is 7.02. The van der Waals surface area contributed by atoms with Crippen LogP contribution in [0, 0.1) is 5.41 Å². The molecule has 1 fully saturated rings. The molecule has 5 nitrogen and oxygen atoms in total. The van der Waals surface area contributed by atoms with Gasteiger partial charge in [-0.1, -0.05) is 20.3 Å². The fourth-order valence-electron chi connectivity index (χ4n) is 3.11. The van der Waals surface area contributed by atoms with E-state index in [4.69, 9.17) is 0 Å². The summed E-state index contributed by atoms with van der Waals surface area (Å²) in [6.07, 6.45) is 6.12. The van der Waals surface area contributed by atoms with Crippen molar-refractivity contribution in [3.05, 3.63) is 0 Å². The highest BCUT2D eigenvalue weighted by molar-refractivity contribution is 14.0. The number of likely N-dealkylation sites (tertiary alicyclic amines) is 1. The van der Waals surface area contributed by atoms with Crippen LogP contribution in [0.2, 0.25) is 0 Å². The summed E-state index contributed by atoms with van der Waals surface area (Å²) in [4.78, 5) is 6.96. The summed E-state index contributed by atoms with van der Waals surface area (Å²) in [6, 6.07) is 0. The lowest BCUT2D eigenvalue weighted by molar-refractivity contribution is 0.142. The zero-order valence-corrected chi connectivity index (χ0v) is 19.3. The van der Waals surface area contributed by atoms with Gasteiger partial charge in [-0.3, -0.25) is 4.99 Å². The van der Waals surface area contributed by atoms with Gasteiger partial charge >= 0.3 is 0 Å². The van der Waals surface area contributed by atoms with Gasteiger partial charge in [-0.2, -0.15) is 0 Å². The molecule has 0 saturated carbocycles. The van der Waals surface area contributed by atoms with Gasteiger partial charge in [-0.05, 0) is 45.4 Å². The molecule has 0 aliphatic carbocycles. The minimum Gasteiger partial charge on any atom is -0.357 e. The maximum Gasteiger partial charge on any atom is 0.193 e. The van der Waals surface area contributed by atoms with E-state index in [1.807, 2.05) is 6.92 Å². The topological polar surface area (TPSA) is 61.8 Å². The Morgan fingerprint density at radius 2 is 1.96 bits per heavy atom. The predicted octanol–water partition coefficient (Wildman–Crippen LogP) is 3.30. The number of hydrogen-bond acceptors (Lipinski definition) is 3. The van der Waals surface area contributed by atoms with E-state index in [0.29, 0.717) is 5.41 Å². The second-order valence-electron chi connectivity index (χ2n) is 7.79. The first-order valence-electron chi connectivity index (χ1n) is 8.77. The lowest BCUT2D eigenvalue weighted by Crippen LogP contribution is -2.50. The molecule has 0 aromatic heterocycles. The maximum atomic E-state index is 11.9. The summed E-state index contributed by atoms with van der Waals surface area (Å²) in [5.74, 6) is 0.853. The van der Waals surface area contributed by atoms with Crippen LogP contribution in [0.3, 0.4) is 0 Å². The van der Waals surface area contributed by atoms with E-state index < -0.39 is 14.6 Å². The molecule has 1 aliphatic rings. The van der Waals surface area contributed by atoms with Gasteiger partial charge in [0.05, 0.1) is 11.3 Å². The van der Waals surface area contributed by atoms with Gasteiger partial charge in [0.25, 0.3) is 0 Å². The minimum atomic E-state index is -3.13. The number of rotatable bonds is 6. The predicted molar refractivity (Wildman–Crippen MR) is 114 cm³/mol. The number of nitrogens with zero attached hydrogens (tertiary/aromatic N) is 2. The Labute approximate surface area is 166 Å². The number of nitrogens with one attached hydrogen (secondary N) is 1. The van der Waals surface area contributed by atoms with Crippen molar-refractivity contribution in [2.75, 3.05) is 32.4 Å². The van der Waals surface area contributed by atoms with Crippen LogP contribution in [0.4, 0.5) is 0 Å². The first-order valence-corrected chi connectivity index (χ1v) is 10.7. The first-order chi connectivity index (χ1) is 10.5. The van der Waals surface area contributed by atoms with Crippen molar-refractivity contribution in [3.8, 4) is 0 Å². The highest BCUT2D eigenvalue weighted by Crippen LogP contribution is 2.34. The molecule has 0 radical (unpaired) electrons. The van der Waals surface area contributed by atoms with E-state index in [0.717, 1.165) is 32.0 Å². The molecule has 1 unspecified atom stereocenters. The van der Waals surface area contributed by atoms with Crippen LogP contribution in [-0.2, 0) is 9.84 Å². The highest BCUT2D eigenvalue weighted by atomic mass is 127. The second-order valence-corrected chi connectivity index (χ2v) is 10.4. The van der Waals surface area contributed by atoms with Crippen LogP contribution in [0.15, 0.2) is 4.99 Å². The molecular weight excluding hydrogens is 437 g/mol. The zero-order chi connectivity index (χ0) is 17.7. The van der Waals surface area contributed by atoms with E-state index in [2.05, 4.69) is 29.1 Å². The summed E-state index contributed by atoms with van der Waals surface area (Å²) in [5, 5.41) is 3.34. The Bertz CT molecular complexity index is 516. The number of halogens is 1. The van der Waals surface area contributed by atoms with Crippen molar-refractivity contribution in [1.29, 1.82) is 0 Å². The molecule has 1 rings (SSSR count). The van der Waals surface area contributed by atoms with Crippen LogP contribution in [0.5, 0.6) is 0 Å². The fourth-order valence-corrected chi connectivity index (χ4v) is 3.41. The number of sulfone groups is 1. The van der Waals surface area contributed by atoms with E-state index in [1.54, 1.807) is 13.8 Å². The molecular formula is C17H36IN3O2S. The van der Waals surface area contributed by atoms with Crippen LogP contribution in [-0.4, -0.2) is 56.5 Å². The zero-order valence-electron chi connectivity index (χ0n) is 16.2. The molecule has 1 aliphatic heterocycles. The van der Waals surface area contributed by atoms with Gasteiger partial charge < -0.3 is 10.2 Å². The Morgan fingerprint density at radius 1 is 1.33 bits per heavy atom. The standard InChI is InChI=1S/C17H35N3O2S.HI/c1-7-10-17(5)11-9-12-20(14-17)15(18-8-2)19-13-16(3,4)23(6,21)22;/h7-14H2,1-6H3,(H,18,19);1H. The smallest absolute Gasteiger partial charge is 0.193 e. The summed E-state index contributed by atoms with van der Waals surface area (Å²) < 4.78 is 22.9. The van der Waals surface area contributed by atoms with E-state index in [1.165, 1.54) is 25.5 Å². The molecule has 0 aromatic carbocycles. The van der Waals surface area contributed by atoms with E-state index in [-0.39, 0.29) is 30.5 Å². The average molecular weight is 473 g/mol. The van der Waals surface area contributed by atoms with Gasteiger partial charge in [-0.15, -0.1) is 24.0 Å². The average Bonchev–Trinajstić information content (AvgIpc) is 2.42. The van der Waals surface area contributed by atoms with Crippen molar-refractivity contribution in [1.82, 2.24) is 10.2 Å². The SMILES string of the molecule is CCCC1(C)CCCN(C(=NCC(C)(C)S(C)(=O)=O)NCC)C1.I. The molecule has 7 heteroatoms. The number of guanidine groups is 1. The van der Waals surface area contributed by atoms with E-state index >= 15 is 0 Å². The van der Waals surface area contributed by atoms with Crippen molar-refractivity contribution >= 4 is 39.8 Å². The van der Waals surface area contributed by atoms with Crippen LogP contribution < -0.4 is 5.32 Å². The Kier molecular flexibility index (Phi) is 9.57. The largest absolute Gasteiger partial charge is 0.357 e. The van der Waals surface area contributed by atoms with E-state index in [9.17, 15) is 8.42 Å². The normalized spacial score (nSPS) is 22.9. The molecule has 1 N–H and O–H groups in total. The number of aliphatic imine (C=N–C) groups is 1. The van der Waals surface area contributed by atoms with Gasteiger partial charge in [0, 0.05) is 25.9 Å². The molecule has 1 atom stereocenters. The summed E-state index contributed by atoms with van der Waals surface area (Å²) >= 11 is 0. The van der Waals surface area contributed by atoms with Crippen molar-refractivity contribution in [2.45, 2.75) is 65.0 Å². The summed E-state index contributed by atoms with van der Waals surface area (Å²) in [6.45, 7) is 13.2. The quantitative estimate of drug-likeness (QED) is 0.366. The number of hydrogen-bond donors (Lipinski definition) is 1. The third-order valence-electron chi connectivity index (χ3n) is 4.88. The lowest BCUT2D eigenvalue weighted by Gasteiger charge is -2.42. The molecule has 0 aromatic rings. The fraction of sp³-hybridized carbons (Fsp3) is 0.941. The second kappa shape index (κ2) is 9.59. The van der Waals surface area contributed by atoms with Gasteiger partial charge in [-0.25, -0.2) is 8.42 Å². The Balaban J connectivity index is 0.00000529. The number of piperidine rings is 1. The summed E-state index contributed by atoms with van der Waals surface area (Å²) in [7, 11) is -3.13. The molecule has 1 saturated heterocycles. The van der Waals surface area contributed by atoms with Gasteiger partial charge in [0.1, 0.15) is 0 Å². The Hall–Kier alpha value is -0.0500. The van der Waals surface area contributed by atoms with Gasteiger partial charge in [0.15, 0.2) is 15.8 Å². The van der Waals surface area contributed by atoms with Gasteiger partial charge in [0.2, 0.25) is 0 Å². The molecule has 0 spiro atoms. The summed E-state index contributed by atoms with van der Waals surface area (Å²) in [5.41, 5.74) is 0.329. The highest BCUT2D eigenvalue weighted by Gasteiger charge is 2.33. The monoisotopic (exact) mass is 473 g/mol. The van der Waals surface area contributed by atoms with Crippen molar-refractivity contribution < 1.29 is 8.42 Å². The first kappa shape index (κ1) is 23.9. The third kappa shape index (κ3) is 6.69. The van der Waals surface area contributed by atoms with Crippen LogP contribution >= 0.6 is 24.0 Å². The molecule has 24 heavy (non-hydrogen) atoms. The molecule has 0 amide bonds.